The van der Waals surface area contributed by atoms with Crippen LogP contribution in [-0.4, -0.2) is 34.6 Å². The highest BCUT2D eigenvalue weighted by atomic mass is 19.4. The Morgan fingerprint density at radius 2 is 1.93 bits per heavy atom. The van der Waals surface area contributed by atoms with E-state index in [0.717, 1.165) is 0 Å². The highest BCUT2D eigenvalue weighted by molar-refractivity contribution is 5.96. The van der Waals surface area contributed by atoms with Crippen molar-refractivity contribution in [3.05, 3.63) is 47.3 Å². The summed E-state index contributed by atoms with van der Waals surface area (Å²) in [6.07, 6.45) is -1.17. The van der Waals surface area contributed by atoms with Crippen LogP contribution in [0.3, 0.4) is 0 Å². The molecule has 0 atom stereocenters. The van der Waals surface area contributed by atoms with E-state index in [1.54, 1.807) is 19.9 Å². The molecule has 0 saturated carbocycles. The zero-order valence-electron chi connectivity index (χ0n) is 16.0. The summed E-state index contributed by atoms with van der Waals surface area (Å²) in [6.45, 7) is 2.07. The predicted octanol–water partition coefficient (Wildman–Crippen LogP) is 3.02. The Balaban J connectivity index is 2.30. The van der Waals surface area contributed by atoms with Gasteiger partial charge in [0.2, 0.25) is 17.7 Å². The molecule has 7 nitrogen and oxygen atoms in total. The minimum atomic E-state index is -4.47. The maximum Gasteiger partial charge on any atom is 0.422 e. The third-order valence-electron chi connectivity index (χ3n) is 3.99. The number of pyridine rings is 2. The molecule has 0 saturated heterocycles. The van der Waals surface area contributed by atoms with Crippen molar-refractivity contribution in [2.75, 3.05) is 11.5 Å². The van der Waals surface area contributed by atoms with Gasteiger partial charge in [0.1, 0.15) is 5.82 Å². The van der Waals surface area contributed by atoms with Gasteiger partial charge in [-0.05, 0) is 30.2 Å². The fraction of sp³-hybridized carbons (Fsp3) is 0.368. The number of ether oxygens (including phenoxy) is 1. The third kappa shape index (κ3) is 6.16. The highest BCUT2D eigenvalue weighted by Gasteiger charge is 2.29. The van der Waals surface area contributed by atoms with Gasteiger partial charge in [-0.2, -0.15) is 13.2 Å². The van der Waals surface area contributed by atoms with Gasteiger partial charge in [0.05, 0.1) is 6.54 Å². The Morgan fingerprint density at radius 1 is 1.21 bits per heavy atom. The number of halogens is 3. The van der Waals surface area contributed by atoms with Crippen LogP contribution in [0.2, 0.25) is 0 Å². The number of rotatable bonds is 8. The van der Waals surface area contributed by atoms with E-state index in [4.69, 9.17) is 10.5 Å². The van der Waals surface area contributed by atoms with Gasteiger partial charge >= 0.3 is 6.18 Å². The largest absolute Gasteiger partial charge is 0.468 e. The third-order valence-corrected chi connectivity index (χ3v) is 3.99. The van der Waals surface area contributed by atoms with Gasteiger partial charge in [-0.15, -0.1) is 0 Å². The van der Waals surface area contributed by atoms with Gasteiger partial charge in [-0.25, -0.2) is 9.97 Å². The molecule has 0 spiro atoms. The van der Waals surface area contributed by atoms with Crippen molar-refractivity contribution < 1.29 is 27.5 Å². The topological polar surface area (TPSA) is 98.4 Å². The number of hydrogen-bond donors (Lipinski definition) is 1. The zero-order chi connectivity index (χ0) is 21.6. The van der Waals surface area contributed by atoms with Gasteiger partial charge in [-0.1, -0.05) is 13.8 Å². The van der Waals surface area contributed by atoms with Crippen LogP contribution in [0.25, 0.3) is 0 Å². The molecule has 2 N–H and O–H groups in total. The summed E-state index contributed by atoms with van der Waals surface area (Å²) < 4.78 is 42.0. The van der Waals surface area contributed by atoms with E-state index in [2.05, 4.69) is 9.97 Å². The van der Waals surface area contributed by atoms with Crippen molar-refractivity contribution in [3.63, 3.8) is 0 Å². The van der Waals surface area contributed by atoms with Crippen molar-refractivity contribution in [2.45, 2.75) is 39.4 Å². The summed E-state index contributed by atoms with van der Waals surface area (Å²) in [5.74, 6) is -0.771. The molecule has 0 fully saturated rings. The maximum atomic E-state index is 12.4. The number of alkyl halides is 3. The number of anilines is 1. The number of carbonyl (C=O) groups is 2. The van der Waals surface area contributed by atoms with E-state index in [9.17, 15) is 22.8 Å². The first-order valence-corrected chi connectivity index (χ1v) is 8.88. The first-order valence-electron chi connectivity index (χ1n) is 8.88. The van der Waals surface area contributed by atoms with E-state index >= 15 is 0 Å². The molecule has 0 aliphatic rings. The van der Waals surface area contributed by atoms with Gasteiger partial charge < -0.3 is 10.5 Å². The zero-order valence-corrected chi connectivity index (χ0v) is 16.0. The lowest BCUT2D eigenvalue weighted by molar-refractivity contribution is -0.154. The fourth-order valence-corrected chi connectivity index (χ4v) is 2.56. The molecular formula is C19H21F3N4O3. The Kier molecular flexibility index (Phi) is 7.13. The lowest BCUT2D eigenvalue weighted by atomic mass is 10.1. The number of aryl methyl sites for hydroxylation is 1. The van der Waals surface area contributed by atoms with Crippen LogP contribution in [0.15, 0.2) is 30.6 Å². The second kappa shape index (κ2) is 9.35. The fourth-order valence-electron chi connectivity index (χ4n) is 2.56. The first kappa shape index (κ1) is 22.1. The van der Waals surface area contributed by atoms with E-state index < -0.39 is 18.7 Å². The number of primary amides is 1. The Labute approximate surface area is 165 Å². The maximum absolute atomic E-state index is 12.4. The van der Waals surface area contributed by atoms with Crippen LogP contribution in [0.4, 0.5) is 19.0 Å². The number of aromatic nitrogens is 2. The predicted molar refractivity (Wildman–Crippen MR) is 99.4 cm³/mol. The smallest absolute Gasteiger partial charge is 0.422 e. The SMILES string of the molecule is CCC(=O)N(Cc1cnc(OCC(F)(F)F)c(CC)c1)c1cc(C(N)=O)ccn1. The van der Waals surface area contributed by atoms with Crippen molar-refractivity contribution in [3.8, 4) is 5.88 Å². The number of nitrogens with zero attached hydrogens (tertiary/aromatic N) is 3. The molecule has 2 heterocycles. The summed E-state index contributed by atoms with van der Waals surface area (Å²) in [7, 11) is 0. The van der Waals surface area contributed by atoms with E-state index in [0.29, 0.717) is 17.5 Å². The van der Waals surface area contributed by atoms with E-state index in [-0.39, 0.29) is 36.1 Å². The monoisotopic (exact) mass is 410 g/mol. The lowest BCUT2D eigenvalue weighted by Gasteiger charge is -2.22. The molecule has 0 aliphatic carbocycles. The normalized spacial score (nSPS) is 11.2. The summed E-state index contributed by atoms with van der Waals surface area (Å²) in [5.41, 5.74) is 6.54. The van der Waals surface area contributed by atoms with E-state index in [1.807, 2.05) is 0 Å². The lowest BCUT2D eigenvalue weighted by Crippen LogP contribution is -2.31. The molecule has 0 bridgehead atoms. The van der Waals surface area contributed by atoms with Gasteiger partial charge in [0.25, 0.3) is 0 Å². The summed E-state index contributed by atoms with van der Waals surface area (Å²) >= 11 is 0. The van der Waals surface area contributed by atoms with Crippen molar-refractivity contribution >= 4 is 17.6 Å². The second-order valence-electron chi connectivity index (χ2n) is 6.17. The average molecular weight is 410 g/mol. The minimum absolute atomic E-state index is 0.0709. The van der Waals surface area contributed by atoms with Crippen LogP contribution in [0.5, 0.6) is 5.88 Å². The Bertz CT molecular complexity index is 887. The number of carbonyl (C=O) groups excluding carboxylic acids is 2. The Morgan fingerprint density at radius 3 is 2.52 bits per heavy atom. The molecule has 2 rings (SSSR count). The standard InChI is InChI=1S/C19H21F3N4O3/c1-3-13-7-12(9-25-18(13)29-11-19(20,21)22)10-26(16(27)4-2)15-8-14(17(23)28)5-6-24-15/h5-9H,3-4,10-11H2,1-2H3,(H2,23,28). The Hall–Kier alpha value is -3.17. The number of nitrogens with two attached hydrogens (primary N) is 1. The molecule has 29 heavy (non-hydrogen) atoms. The van der Waals surface area contributed by atoms with E-state index in [1.165, 1.54) is 29.4 Å². The van der Waals surface area contributed by atoms with Gasteiger partial charge in [-0.3, -0.25) is 14.5 Å². The van der Waals surface area contributed by atoms with Crippen LogP contribution in [0, 0.1) is 0 Å². The number of amides is 2. The molecule has 0 aromatic carbocycles. The number of hydrogen-bond acceptors (Lipinski definition) is 5. The molecule has 156 valence electrons. The van der Waals surface area contributed by atoms with Crippen LogP contribution >= 0.6 is 0 Å². The van der Waals surface area contributed by atoms with Crippen molar-refractivity contribution in [1.29, 1.82) is 0 Å². The summed E-state index contributed by atoms with van der Waals surface area (Å²) in [6, 6.07) is 4.47. The van der Waals surface area contributed by atoms with Gasteiger partial charge in [0, 0.05) is 29.9 Å². The van der Waals surface area contributed by atoms with Crippen LogP contribution in [0.1, 0.15) is 41.8 Å². The first-order chi connectivity index (χ1) is 13.6. The molecule has 0 aliphatic heterocycles. The van der Waals surface area contributed by atoms with Crippen LogP contribution < -0.4 is 15.4 Å². The quantitative estimate of drug-likeness (QED) is 0.721. The molecule has 0 unspecified atom stereocenters. The summed E-state index contributed by atoms with van der Waals surface area (Å²) in [5, 5.41) is 0. The highest BCUT2D eigenvalue weighted by Crippen LogP contribution is 2.23. The second-order valence-corrected chi connectivity index (χ2v) is 6.17. The van der Waals surface area contributed by atoms with Crippen molar-refractivity contribution in [1.82, 2.24) is 9.97 Å². The van der Waals surface area contributed by atoms with Crippen molar-refractivity contribution in [2.24, 2.45) is 5.73 Å². The minimum Gasteiger partial charge on any atom is -0.468 e. The van der Waals surface area contributed by atoms with Gasteiger partial charge in [0.15, 0.2) is 6.61 Å². The molecule has 10 heteroatoms. The molecular weight excluding hydrogens is 389 g/mol. The molecule has 2 amide bonds. The average Bonchev–Trinajstić information content (AvgIpc) is 2.69. The van der Waals surface area contributed by atoms with Crippen LogP contribution in [-0.2, 0) is 17.8 Å². The molecule has 2 aromatic rings. The molecule has 2 aromatic heterocycles. The molecule has 0 radical (unpaired) electrons. The summed E-state index contributed by atoms with van der Waals surface area (Å²) in [4.78, 5) is 33.3.